The fourth-order valence-electron chi connectivity index (χ4n) is 2.54. The smallest absolute Gasteiger partial charge is 0.225 e. The van der Waals surface area contributed by atoms with Crippen LogP contribution >= 0.6 is 11.8 Å². The Bertz CT molecular complexity index is 503. The molecule has 1 aliphatic heterocycles. The Balaban J connectivity index is 2.01. The molecule has 0 radical (unpaired) electrons. The molecule has 5 heteroatoms. The Kier molecular flexibility index (Phi) is 5.53. The molecule has 21 heavy (non-hydrogen) atoms. The van der Waals surface area contributed by atoms with Gasteiger partial charge in [-0.15, -0.1) is 11.8 Å². The molecule has 1 aromatic rings. The molecule has 0 bridgehead atoms. The van der Waals surface area contributed by atoms with Crippen LogP contribution in [0.5, 0.6) is 5.75 Å². The summed E-state index contributed by atoms with van der Waals surface area (Å²) in [6.07, 6.45) is 2.03. The highest BCUT2D eigenvalue weighted by atomic mass is 32.2. The van der Waals surface area contributed by atoms with Crippen molar-refractivity contribution in [1.82, 2.24) is 10.2 Å². The summed E-state index contributed by atoms with van der Waals surface area (Å²) in [6.45, 7) is 4.56. The van der Waals surface area contributed by atoms with Crippen molar-refractivity contribution in [2.75, 3.05) is 33.5 Å². The fraction of sp³-hybridized carbons (Fsp3) is 0.562. The molecule has 1 N–H and O–H groups in total. The summed E-state index contributed by atoms with van der Waals surface area (Å²) in [6, 6.07) is 6.13. The normalized spacial score (nSPS) is 16.2. The minimum atomic E-state index is 0.0867. The third kappa shape index (κ3) is 3.71. The van der Waals surface area contributed by atoms with Crippen LogP contribution in [-0.2, 0) is 11.3 Å². The van der Waals surface area contributed by atoms with Gasteiger partial charge in [0.25, 0.3) is 0 Å². The number of rotatable bonds is 6. The summed E-state index contributed by atoms with van der Waals surface area (Å²) in [7, 11) is 3.55. The highest BCUT2D eigenvalue weighted by Crippen LogP contribution is 2.29. The van der Waals surface area contributed by atoms with Gasteiger partial charge < -0.3 is 15.0 Å². The van der Waals surface area contributed by atoms with Crippen molar-refractivity contribution < 1.29 is 9.53 Å². The lowest BCUT2D eigenvalue weighted by molar-refractivity contribution is -0.136. The number of hydrogen-bond acceptors (Lipinski definition) is 4. The molecule has 1 unspecified atom stereocenters. The van der Waals surface area contributed by atoms with Crippen molar-refractivity contribution in [2.24, 2.45) is 11.8 Å². The maximum atomic E-state index is 12.4. The van der Waals surface area contributed by atoms with Crippen molar-refractivity contribution in [3.05, 3.63) is 23.8 Å². The third-order valence-corrected chi connectivity index (χ3v) is 4.93. The molecule has 1 amide bonds. The topological polar surface area (TPSA) is 41.6 Å². The number of hydrogen-bond donors (Lipinski definition) is 1. The van der Waals surface area contributed by atoms with E-state index in [4.69, 9.17) is 4.74 Å². The molecule has 1 aromatic carbocycles. The second-order valence-electron chi connectivity index (χ2n) is 5.59. The second kappa shape index (κ2) is 7.18. The Morgan fingerprint density at radius 3 is 2.76 bits per heavy atom. The van der Waals surface area contributed by atoms with Crippen LogP contribution in [-0.4, -0.2) is 44.3 Å². The van der Waals surface area contributed by atoms with Crippen molar-refractivity contribution in [3.63, 3.8) is 0 Å². The SMILES string of the molecule is COc1cc(CN(C)C(=O)C(C)C2CNC2)ccc1SC. The van der Waals surface area contributed by atoms with Gasteiger partial charge in [0.2, 0.25) is 5.91 Å². The van der Waals surface area contributed by atoms with E-state index >= 15 is 0 Å². The molecule has 0 spiro atoms. The highest BCUT2D eigenvalue weighted by molar-refractivity contribution is 7.98. The molecule has 1 fully saturated rings. The largest absolute Gasteiger partial charge is 0.496 e. The van der Waals surface area contributed by atoms with Crippen LogP contribution in [0.25, 0.3) is 0 Å². The Labute approximate surface area is 131 Å². The van der Waals surface area contributed by atoms with E-state index in [-0.39, 0.29) is 11.8 Å². The van der Waals surface area contributed by atoms with E-state index in [0.717, 1.165) is 29.3 Å². The zero-order chi connectivity index (χ0) is 15.4. The maximum Gasteiger partial charge on any atom is 0.225 e. The lowest BCUT2D eigenvalue weighted by atomic mass is 9.88. The van der Waals surface area contributed by atoms with E-state index in [2.05, 4.69) is 17.4 Å². The molecule has 1 aliphatic rings. The average molecular weight is 308 g/mol. The zero-order valence-electron chi connectivity index (χ0n) is 13.2. The quantitative estimate of drug-likeness (QED) is 0.818. The standard InChI is InChI=1S/C16H24N2O2S/c1-11(13-8-17-9-13)16(19)18(2)10-12-5-6-15(21-4)14(7-12)20-3/h5-7,11,13,17H,8-10H2,1-4H3. The lowest BCUT2D eigenvalue weighted by Crippen LogP contribution is -2.49. The summed E-state index contributed by atoms with van der Waals surface area (Å²) in [5.41, 5.74) is 1.10. The summed E-state index contributed by atoms with van der Waals surface area (Å²) < 4.78 is 5.40. The van der Waals surface area contributed by atoms with Crippen molar-refractivity contribution in [3.8, 4) is 5.75 Å². The molecule has 0 saturated carbocycles. The van der Waals surface area contributed by atoms with Gasteiger partial charge >= 0.3 is 0 Å². The summed E-state index contributed by atoms with van der Waals surface area (Å²) in [4.78, 5) is 15.4. The molecule has 116 valence electrons. The predicted octanol–water partition coefficient (Wildman–Crippen LogP) is 2.23. The molecule has 1 saturated heterocycles. The summed E-state index contributed by atoms with van der Waals surface area (Å²) in [5.74, 6) is 1.66. The van der Waals surface area contributed by atoms with Crippen LogP contribution in [0.15, 0.2) is 23.1 Å². The second-order valence-corrected chi connectivity index (χ2v) is 6.44. The number of carbonyl (C=O) groups is 1. The van der Waals surface area contributed by atoms with Gasteiger partial charge in [-0.1, -0.05) is 13.0 Å². The van der Waals surface area contributed by atoms with E-state index in [1.54, 1.807) is 18.9 Å². The van der Waals surface area contributed by atoms with Crippen molar-refractivity contribution in [2.45, 2.75) is 18.4 Å². The number of benzene rings is 1. The van der Waals surface area contributed by atoms with E-state index in [9.17, 15) is 4.79 Å². The van der Waals surface area contributed by atoms with Gasteiger partial charge in [0.15, 0.2) is 0 Å². The number of amides is 1. The average Bonchev–Trinajstić information content (AvgIpc) is 2.44. The summed E-state index contributed by atoms with van der Waals surface area (Å²) in [5, 5.41) is 3.22. The van der Waals surface area contributed by atoms with Gasteiger partial charge in [0, 0.05) is 24.4 Å². The van der Waals surface area contributed by atoms with Crippen molar-refractivity contribution >= 4 is 17.7 Å². The lowest BCUT2D eigenvalue weighted by Gasteiger charge is -2.34. The number of ether oxygens (including phenoxy) is 1. The fourth-order valence-corrected chi connectivity index (χ4v) is 3.09. The van der Waals surface area contributed by atoms with Gasteiger partial charge in [-0.05, 0) is 43.0 Å². The van der Waals surface area contributed by atoms with Gasteiger partial charge in [0.1, 0.15) is 5.75 Å². The first-order valence-electron chi connectivity index (χ1n) is 7.23. The van der Waals surface area contributed by atoms with E-state index in [0.29, 0.717) is 12.5 Å². The molecule has 1 heterocycles. The van der Waals surface area contributed by atoms with E-state index < -0.39 is 0 Å². The number of methoxy groups -OCH3 is 1. The van der Waals surface area contributed by atoms with Crippen LogP contribution in [0, 0.1) is 11.8 Å². The van der Waals surface area contributed by atoms with E-state index in [1.807, 2.05) is 31.2 Å². The number of thioether (sulfide) groups is 1. The molecule has 0 aromatic heterocycles. The van der Waals surface area contributed by atoms with Gasteiger partial charge in [-0.3, -0.25) is 4.79 Å². The van der Waals surface area contributed by atoms with Crippen LogP contribution in [0.1, 0.15) is 12.5 Å². The molecule has 2 rings (SSSR count). The van der Waals surface area contributed by atoms with Crippen LogP contribution in [0.2, 0.25) is 0 Å². The molecular weight excluding hydrogens is 284 g/mol. The first-order chi connectivity index (χ1) is 10.1. The summed E-state index contributed by atoms with van der Waals surface area (Å²) >= 11 is 1.66. The van der Waals surface area contributed by atoms with Gasteiger partial charge in [-0.25, -0.2) is 0 Å². The highest BCUT2D eigenvalue weighted by Gasteiger charge is 2.30. The Hall–Kier alpha value is -1.20. The molecule has 1 atom stereocenters. The van der Waals surface area contributed by atoms with Crippen LogP contribution < -0.4 is 10.1 Å². The van der Waals surface area contributed by atoms with Gasteiger partial charge in [0.05, 0.1) is 7.11 Å². The molecule has 0 aliphatic carbocycles. The minimum Gasteiger partial charge on any atom is -0.496 e. The predicted molar refractivity (Wildman–Crippen MR) is 86.8 cm³/mol. The van der Waals surface area contributed by atoms with Crippen molar-refractivity contribution in [1.29, 1.82) is 0 Å². The zero-order valence-corrected chi connectivity index (χ0v) is 14.0. The molecule has 4 nitrogen and oxygen atoms in total. The minimum absolute atomic E-state index is 0.0867. The first kappa shape index (κ1) is 16.2. The monoisotopic (exact) mass is 308 g/mol. The Morgan fingerprint density at radius 1 is 1.52 bits per heavy atom. The number of carbonyl (C=O) groups excluding carboxylic acids is 1. The van der Waals surface area contributed by atoms with Gasteiger partial charge in [-0.2, -0.15) is 0 Å². The maximum absolute atomic E-state index is 12.4. The first-order valence-corrected chi connectivity index (χ1v) is 8.46. The van der Waals surface area contributed by atoms with Crippen LogP contribution in [0.4, 0.5) is 0 Å². The Morgan fingerprint density at radius 2 is 2.24 bits per heavy atom. The number of nitrogens with zero attached hydrogens (tertiary/aromatic N) is 1. The number of nitrogens with one attached hydrogen (secondary N) is 1. The molecular formula is C16H24N2O2S. The van der Waals surface area contributed by atoms with E-state index in [1.165, 1.54) is 0 Å². The third-order valence-electron chi connectivity index (χ3n) is 4.15. The van der Waals surface area contributed by atoms with Crippen LogP contribution in [0.3, 0.4) is 0 Å².